The van der Waals surface area contributed by atoms with E-state index in [1.165, 1.54) is 23.3 Å². The Morgan fingerprint density at radius 1 is 1.17 bits per heavy atom. The lowest BCUT2D eigenvalue weighted by molar-refractivity contribution is 0.0648. The summed E-state index contributed by atoms with van der Waals surface area (Å²) < 4.78 is 5.14. The Balaban J connectivity index is 1.79. The molecule has 2 atom stereocenters. The van der Waals surface area contributed by atoms with Crippen molar-refractivity contribution < 1.29 is 19.1 Å². The van der Waals surface area contributed by atoms with Crippen molar-refractivity contribution in [2.24, 2.45) is 0 Å². The van der Waals surface area contributed by atoms with E-state index in [2.05, 4.69) is 19.1 Å². The molecule has 0 bridgehead atoms. The summed E-state index contributed by atoms with van der Waals surface area (Å²) in [5.74, 6) is -1.25. The van der Waals surface area contributed by atoms with Gasteiger partial charge in [0.1, 0.15) is 0 Å². The highest BCUT2D eigenvalue weighted by atomic mass is 16.4. The second-order valence-corrected chi connectivity index (χ2v) is 6.06. The second kappa shape index (κ2) is 5.91. The molecule has 0 unspecified atom stereocenters. The number of carbonyl (C=O) groups excluding carboxylic acids is 1. The summed E-state index contributed by atoms with van der Waals surface area (Å²) in [7, 11) is 0. The Kier molecular flexibility index (Phi) is 3.94. The zero-order valence-corrected chi connectivity index (χ0v) is 13.2. The molecule has 1 fully saturated rings. The van der Waals surface area contributed by atoms with E-state index in [-0.39, 0.29) is 23.5 Å². The van der Waals surface area contributed by atoms with Crippen molar-refractivity contribution in [3.05, 3.63) is 59.0 Å². The standard InChI is InChI=1S/C18H19NO4/c1-11-5-3-4-6-14(11)13-9-12(2)19(10-13)17(20)15-7-8-16(23-15)18(21)22/h3-8,12-13H,9-10H2,1-2H3,(H,21,22)/t12-,13-/m0/s1. The third-order valence-corrected chi connectivity index (χ3v) is 4.49. The topological polar surface area (TPSA) is 70.8 Å². The highest BCUT2D eigenvalue weighted by molar-refractivity contribution is 5.94. The number of aromatic carboxylic acids is 1. The third-order valence-electron chi connectivity index (χ3n) is 4.49. The Morgan fingerprint density at radius 2 is 1.87 bits per heavy atom. The number of rotatable bonds is 3. The lowest BCUT2D eigenvalue weighted by Crippen LogP contribution is -2.33. The molecule has 0 radical (unpaired) electrons. The summed E-state index contributed by atoms with van der Waals surface area (Å²) in [4.78, 5) is 25.2. The van der Waals surface area contributed by atoms with Crippen molar-refractivity contribution in [3.63, 3.8) is 0 Å². The van der Waals surface area contributed by atoms with Crippen LogP contribution in [-0.2, 0) is 0 Å². The summed E-state index contributed by atoms with van der Waals surface area (Å²) in [5, 5.41) is 8.90. The first kappa shape index (κ1) is 15.3. The molecule has 3 rings (SSSR count). The average Bonchev–Trinajstić information content (AvgIpc) is 3.14. The van der Waals surface area contributed by atoms with Crippen molar-refractivity contribution in [2.45, 2.75) is 32.2 Å². The molecule has 0 spiro atoms. The lowest BCUT2D eigenvalue weighted by Gasteiger charge is -2.20. The van der Waals surface area contributed by atoms with Crippen molar-refractivity contribution in [1.29, 1.82) is 0 Å². The van der Waals surface area contributed by atoms with Gasteiger partial charge >= 0.3 is 5.97 Å². The van der Waals surface area contributed by atoms with E-state index in [0.717, 1.165) is 6.42 Å². The maximum absolute atomic E-state index is 12.6. The average molecular weight is 313 g/mol. The third kappa shape index (κ3) is 2.86. The number of carboxylic acid groups (broad SMARTS) is 1. The number of nitrogens with zero attached hydrogens (tertiary/aromatic N) is 1. The largest absolute Gasteiger partial charge is 0.475 e. The monoisotopic (exact) mass is 313 g/mol. The van der Waals surface area contributed by atoms with Crippen LogP contribution in [0.5, 0.6) is 0 Å². The minimum atomic E-state index is -1.17. The number of hydrogen-bond acceptors (Lipinski definition) is 3. The Labute approximate surface area is 134 Å². The van der Waals surface area contributed by atoms with Crippen LogP contribution in [0.4, 0.5) is 0 Å². The highest BCUT2D eigenvalue weighted by Crippen LogP contribution is 2.34. The second-order valence-electron chi connectivity index (χ2n) is 6.06. The number of carbonyl (C=O) groups is 2. The van der Waals surface area contributed by atoms with Gasteiger partial charge < -0.3 is 14.4 Å². The Bertz CT molecular complexity index is 749. The number of benzene rings is 1. The Hall–Kier alpha value is -2.56. The van der Waals surface area contributed by atoms with Crippen LogP contribution in [0.2, 0.25) is 0 Å². The van der Waals surface area contributed by atoms with E-state index in [1.807, 2.05) is 19.1 Å². The highest BCUT2D eigenvalue weighted by Gasteiger charge is 2.35. The molecule has 1 aliphatic heterocycles. The number of furan rings is 1. The van der Waals surface area contributed by atoms with Crippen molar-refractivity contribution >= 4 is 11.9 Å². The van der Waals surface area contributed by atoms with Gasteiger partial charge in [-0.2, -0.15) is 0 Å². The number of hydrogen-bond donors (Lipinski definition) is 1. The van der Waals surface area contributed by atoms with E-state index < -0.39 is 5.97 Å². The van der Waals surface area contributed by atoms with Gasteiger partial charge in [-0.15, -0.1) is 0 Å². The zero-order chi connectivity index (χ0) is 16.6. The van der Waals surface area contributed by atoms with E-state index in [4.69, 9.17) is 9.52 Å². The molecule has 0 aliphatic carbocycles. The normalized spacial score (nSPS) is 20.7. The van der Waals surface area contributed by atoms with Crippen LogP contribution in [0.1, 0.15) is 51.5 Å². The fraction of sp³-hybridized carbons (Fsp3) is 0.333. The van der Waals surface area contributed by atoms with Crippen LogP contribution in [0.25, 0.3) is 0 Å². The van der Waals surface area contributed by atoms with Crippen molar-refractivity contribution in [1.82, 2.24) is 4.90 Å². The van der Waals surface area contributed by atoms with Crippen LogP contribution >= 0.6 is 0 Å². The Morgan fingerprint density at radius 3 is 2.52 bits per heavy atom. The number of carboxylic acids is 1. The molecule has 2 aromatic rings. The maximum Gasteiger partial charge on any atom is 0.371 e. The summed E-state index contributed by atoms with van der Waals surface area (Å²) >= 11 is 0. The zero-order valence-electron chi connectivity index (χ0n) is 13.2. The van der Waals surface area contributed by atoms with E-state index in [9.17, 15) is 9.59 Å². The van der Waals surface area contributed by atoms with Gasteiger partial charge in [-0.05, 0) is 43.5 Å². The SMILES string of the molecule is Cc1ccccc1[C@H]1C[C@H](C)N(C(=O)c2ccc(C(=O)O)o2)C1. The molecule has 1 amide bonds. The molecule has 2 heterocycles. The van der Waals surface area contributed by atoms with E-state index in [0.29, 0.717) is 12.5 Å². The van der Waals surface area contributed by atoms with Crippen LogP contribution in [0.15, 0.2) is 40.8 Å². The number of amides is 1. The van der Waals surface area contributed by atoms with Gasteiger partial charge in [0.05, 0.1) is 0 Å². The number of aryl methyl sites for hydroxylation is 1. The van der Waals surface area contributed by atoms with Crippen LogP contribution in [-0.4, -0.2) is 34.5 Å². The molecule has 1 aliphatic rings. The van der Waals surface area contributed by atoms with Crippen molar-refractivity contribution in [3.8, 4) is 0 Å². The molecule has 1 aromatic carbocycles. The first-order valence-corrected chi connectivity index (χ1v) is 7.67. The van der Waals surface area contributed by atoms with Gasteiger partial charge in [0.25, 0.3) is 5.91 Å². The number of likely N-dealkylation sites (tertiary alicyclic amines) is 1. The molecular formula is C18H19NO4. The van der Waals surface area contributed by atoms with Gasteiger partial charge in [0.15, 0.2) is 5.76 Å². The molecule has 5 nitrogen and oxygen atoms in total. The van der Waals surface area contributed by atoms with Crippen LogP contribution < -0.4 is 0 Å². The summed E-state index contributed by atoms with van der Waals surface area (Å²) in [6, 6.07) is 11.0. The predicted molar refractivity (Wildman–Crippen MR) is 84.7 cm³/mol. The smallest absolute Gasteiger partial charge is 0.371 e. The lowest BCUT2D eigenvalue weighted by atomic mass is 9.93. The fourth-order valence-corrected chi connectivity index (χ4v) is 3.29. The van der Waals surface area contributed by atoms with E-state index >= 15 is 0 Å². The van der Waals surface area contributed by atoms with Gasteiger partial charge in [0.2, 0.25) is 5.76 Å². The molecule has 23 heavy (non-hydrogen) atoms. The molecule has 1 saturated heterocycles. The molecule has 120 valence electrons. The van der Waals surface area contributed by atoms with Gasteiger partial charge in [-0.25, -0.2) is 4.79 Å². The first-order valence-electron chi connectivity index (χ1n) is 7.67. The van der Waals surface area contributed by atoms with Gasteiger partial charge in [-0.3, -0.25) is 4.79 Å². The minimum absolute atomic E-state index is 0.0830. The summed E-state index contributed by atoms with van der Waals surface area (Å²) in [6.07, 6.45) is 0.892. The molecule has 1 aromatic heterocycles. The molecule has 1 N–H and O–H groups in total. The van der Waals surface area contributed by atoms with Gasteiger partial charge in [-0.1, -0.05) is 24.3 Å². The first-order chi connectivity index (χ1) is 11.0. The van der Waals surface area contributed by atoms with Crippen LogP contribution in [0.3, 0.4) is 0 Å². The summed E-state index contributed by atoms with van der Waals surface area (Å²) in [5.41, 5.74) is 2.49. The molecular weight excluding hydrogens is 294 g/mol. The van der Waals surface area contributed by atoms with Gasteiger partial charge in [0, 0.05) is 18.5 Å². The maximum atomic E-state index is 12.6. The molecule has 5 heteroatoms. The summed E-state index contributed by atoms with van der Waals surface area (Å²) in [6.45, 7) is 4.71. The van der Waals surface area contributed by atoms with Crippen LogP contribution in [0, 0.1) is 6.92 Å². The fourth-order valence-electron chi connectivity index (χ4n) is 3.29. The van der Waals surface area contributed by atoms with Crippen molar-refractivity contribution in [2.75, 3.05) is 6.54 Å². The predicted octanol–water partition coefficient (Wildman–Crippen LogP) is 3.30. The quantitative estimate of drug-likeness (QED) is 0.943. The molecule has 0 saturated carbocycles. The van der Waals surface area contributed by atoms with E-state index in [1.54, 1.807) is 4.90 Å². The minimum Gasteiger partial charge on any atom is -0.475 e.